The van der Waals surface area contributed by atoms with Crippen LogP contribution in [0.2, 0.25) is 0 Å². The molecule has 1 saturated carbocycles. The SMILES string of the molecule is C[C@@H](NC(c1ccc(F)cc1)C1CC1)c1cccc(F)c1. The summed E-state index contributed by atoms with van der Waals surface area (Å²) < 4.78 is 26.4. The number of nitrogens with one attached hydrogen (secondary N) is 1. The van der Waals surface area contributed by atoms with Gasteiger partial charge in [0, 0.05) is 12.1 Å². The first kappa shape index (κ1) is 14.2. The van der Waals surface area contributed by atoms with Gasteiger partial charge in [0.05, 0.1) is 0 Å². The molecule has 0 saturated heterocycles. The standard InChI is InChI=1S/C18H19F2N/c1-12(15-3-2-4-17(20)11-15)21-18(13-5-6-13)14-7-9-16(19)10-8-14/h2-4,7-13,18,21H,5-6H2,1H3/t12-,18?/m1/s1. The molecular formula is C18H19F2N. The zero-order chi connectivity index (χ0) is 14.8. The third kappa shape index (κ3) is 3.48. The average molecular weight is 287 g/mol. The number of hydrogen-bond acceptors (Lipinski definition) is 1. The Morgan fingerprint density at radius 1 is 0.952 bits per heavy atom. The molecule has 0 radical (unpaired) electrons. The topological polar surface area (TPSA) is 12.0 Å². The van der Waals surface area contributed by atoms with E-state index in [2.05, 4.69) is 5.32 Å². The summed E-state index contributed by atoms with van der Waals surface area (Å²) >= 11 is 0. The summed E-state index contributed by atoms with van der Waals surface area (Å²) in [5.41, 5.74) is 2.03. The molecule has 0 amide bonds. The predicted octanol–water partition coefficient (Wildman–Crippen LogP) is 4.77. The van der Waals surface area contributed by atoms with Gasteiger partial charge >= 0.3 is 0 Å². The van der Waals surface area contributed by atoms with Gasteiger partial charge in [-0.15, -0.1) is 0 Å². The van der Waals surface area contributed by atoms with Crippen molar-refractivity contribution in [2.75, 3.05) is 0 Å². The molecule has 2 aromatic rings. The van der Waals surface area contributed by atoms with E-state index in [1.807, 2.05) is 25.1 Å². The highest BCUT2D eigenvalue weighted by Gasteiger charge is 2.33. The third-order valence-electron chi connectivity index (χ3n) is 4.10. The van der Waals surface area contributed by atoms with E-state index in [4.69, 9.17) is 0 Å². The average Bonchev–Trinajstić information content (AvgIpc) is 3.30. The van der Waals surface area contributed by atoms with Crippen LogP contribution in [0.4, 0.5) is 8.78 Å². The highest BCUT2D eigenvalue weighted by Crippen LogP contribution is 2.42. The number of hydrogen-bond donors (Lipinski definition) is 1. The monoisotopic (exact) mass is 287 g/mol. The van der Waals surface area contributed by atoms with Crippen molar-refractivity contribution in [3.8, 4) is 0 Å². The second-order valence-electron chi connectivity index (χ2n) is 5.81. The molecule has 0 aliphatic heterocycles. The van der Waals surface area contributed by atoms with Crippen molar-refractivity contribution in [1.82, 2.24) is 5.32 Å². The van der Waals surface area contributed by atoms with Crippen molar-refractivity contribution in [1.29, 1.82) is 0 Å². The number of benzene rings is 2. The van der Waals surface area contributed by atoms with Gasteiger partial charge in [-0.1, -0.05) is 24.3 Å². The molecule has 3 heteroatoms. The first-order valence-corrected chi connectivity index (χ1v) is 7.40. The van der Waals surface area contributed by atoms with E-state index in [1.54, 1.807) is 12.1 Å². The lowest BCUT2D eigenvalue weighted by Crippen LogP contribution is -2.26. The van der Waals surface area contributed by atoms with Gasteiger partial charge in [-0.05, 0) is 61.1 Å². The van der Waals surface area contributed by atoms with Crippen molar-refractivity contribution in [2.24, 2.45) is 5.92 Å². The van der Waals surface area contributed by atoms with Crippen molar-refractivity contribution in [3.05, 3.63) is 71.3 Å². The maximum absolute atomic E-state index is 13.3. The summed E-state index contributed by atoms with van der Waals surface area (Å²) in [7, 11) is 0. The van der Waals surface area contributed by atoms with Crippen molar-refractivity contribution in [2.45, 2.75) is 31.8 Å². The van der Waals surface area contributed by atoms with Crippen molar-refractivity contribution >= 4 is 0 Å². The largest absolute Gasteiger partial charge is 0.303 e. The minimum Gasteiger partial charge on any atom is -0.303 e. The Hall–Kier alpha value is -1.74. The van der Waals surface area contributed by atoms with Crippen LogP contribution in [-0.2, 0) is 0 Å². The molecule has 1 fully saturated rings. The maximum atomic E-state index is 13.3. The number of halogens is 2. The summed E-state index contributed by atoms with van der Waals surface area (Å²) in [5, 5.41) is 3.57. The minimum absolute atomic E-state index is 0.0522. The van der Waals surface area contributed by atoms with E-state index >= 15 is 0 Å². The summed E-state index contributed by atoms with van der Waals surface area (Å²) in [6, 6.07) is 13.6. The van der Waals surface area contributed by atoms with Gasteiger partial charge in [0.25, 0.3) is 0 Å². The van der Waals surface area contributed by atoms with Crippen LogP contribution in [0, 0.1) is 17.6 Å². The van der Waals surface area contributed by atoms with Gasteiger partial charge in [-0.3, -0.25) is 0 Å². The van der Waals surface area contributed by atoms with E-state index in [0.717, 1.165) is 11.1 Å². The van der Waals surface area contributed by atoms with E-state index in [1.165, 1.54) is 31.0 Å². The summed E-state index contributed by atoms with van der Waals surface area (Å²) in [6.45, 7) is 2.04. The second-order valence-corrected chi connectivity index (χ2v) is 5.81. The Bertz CT molecular complexity index is 605. The Labute approximate surface area is 124 Å². The molecule has 1 aliphatic carbocycles. The zero-order valence-electron chi connectivity index (χ0n) is 12.0. The van der Waals surface area contributed by atoms with Gasteiger partial charge in [-0.25, -0.2) is 8.78 Å². The quantitative estimate of drug-likeness (QED) is 0.835. The predicted molar refractivity (Wildman–Crippen MR) is 79.8 cm³/mol. The molecule has 1 N–H and O–H groups in total. The first-order chi connectivity index (χ1) is 10.1. The molecular weight excluding hydrogens is 268 g/mol. The van der Waals surface area contributed by atoms with E-state index < -0.39 is 0 Å². The minimum atomic E-state index is -0.217. The van der Waals surface area contributed by atoms with Crippen LogP contribution in [0.15, 0.2) is 48.5 Å². The van der Waals surface area contributed by atoms with E-state index in [0.29, 0.717) is 5.92 Å². The second kappa shape index (κ2) is 5.94. The Balaban J connectivity index is 1.77. The van der Waals surface area contributed by atoms with Crippen molar-refractivity contribution < 1.29 is 8.78 Å². The summed E-state index contributed by atoms with van der Waals surface area (Å²) in [5.74, 6) is 0.156. The van der Waals surface area contributed by atoms with Gasteiger partial charge in [0.15, 0.2) is 0 Å². The number of rotatable bonds is 5. The normalized spacial score (nSPS) is 17.5. The lowest BCUT2D eigenvalue weighted by atomic mass is 9.99. The van der Waals surface area contributed by atoms with Crippen LogP contribution in [0.1, 0.15) is 43.0 Å². The molecule has 1 aliphatic rings. The van der Waals surface area contributed by atoms with Gasteiger partial charge in [-0.2, -0.15) is 0 Å². The van der Waals surface area contributed by atoms with Gasteiger partial charge in [0.2, 0.25) is 0 Å². The van der Waals surface area contributed by atoms with Crippen LogP contribution in [0.3, 0.4) is 0 Å². The lowest BCUT2D eigenvalue weighted by molar-refractivity contribution is 0.426. The molecule has 0 aromatic heterocycles. The summed E-state index contributed by atoms with van der Waals surface area (Å²) in [6.07, 6.45) is 2.37. The molecule has 0 bridgehead atoms. The Morgan fingerprint density at radius 2 is 1.67 bits per heavy atom. The molecule has 1 nitrogen and oxygen atoms in total. The third-order valence-corrected chi connectivity index (χ3v) is 4.10. The van der Waals surface area contributed by atoms with Crippen LogP contribution >= 0.6 is 0 Å². The molecule has 3 rings (SSSR count). The molecule has 0 spiro atoms. The molecule has 0 heterocycles. The molecule has 21 heavy (non-hydrogen) atoms. The zero-order valence-corrected chi connectivity index (χ0v) is 12.0. The summed E-state index contributed by atoms with van der Waals surface area (Å²) in [4.78, 5) is 0. The maximum Gasteiger partial charge on any atom is 0.123 e. The Morgan fingerprint density at radius 3 is 2.29 bits per heavy atom. The van der Waals surface area contributed by atoms with E-state index in [9.17, 15) is 8.78 Å². The van der Waals surface area contributed by atoms with Gasteiger partial charge in [0.1, 0.15) is 11.6 Å². The molecule has 2 atom stereocenters. The molecule has 110 valence electrons. The van der Waals surface area contributed by atoms with Crippen LogP contribution in [0.5, 0.6) is 0 Å². The molecule has 1 unspecified atom stereocenters. The fraction of sp³-hybridized carbons (Fsp3) is 0.333. The fourth-order valence-electron chi connectivity index (χ4n) is 2.75. The van der Waals surface area contributed by atoms with Crippen LogP contribution in [-0.4, -0.2) is 0 Å². The lowest BCUT2D eigenvalue weighted by Gasteiger charge is -2.24. The van der Waals surface area contributed by atoms with Gasteiger partial charge < -0.3 is 5.32 Å². The fourth-order valence-corrected chi connectivity index (χ4v) is 2.75. The highest BCUT2D eigenvalue weighted by atomic mass is 19.1. The highest BCUT2D eigenvalue weighted by molar-refractivity contribution is 5.24. The van der Waals surface area contributed by atoms with E-state index in [-0.39, 0.29) is 23.7 Å². The van der Waals surface area contributed by atoms with Crippen LogP contribution in [0.25, 0.3) is 0 Å². The van der Waals surface area contributed by atoms with Crippen molar-refractivity contribution in [3.63, 3.8) is 0 Å². The first-order valence-electron chi connectivity index (χ1n) is 7.40. The Kier molecular flexibility index (Phi) is 4.02. The molecule has 2 aromatic carbocycles. The smallest absolute Gasteiger partial charge is 0.123 e. The van der Waals surface area contributed by atoms with Crippen LogP contribution < -0.4 is 5.32 Å².